The number of hydrogen-bond acceptors (Lipinski definition) is 6. The number of carbonyl (C=O) groups excluding carboxylic acids is 1. The molecule has 0 saturated heterocycles. The largest absolute Gasteiger partial charge is 0.493 e. The van der Waals surface area contributed by atoms with Gasteiger partial charge in [-0.15, -0.1) is 10.2 Å². The van der Waals surface area contributed by atoms with Crippen molar-refractivity contribution in [1.29, 1.82) is 0 Å². The second-order valence-corrected chi connectivity index (χ2v) is 5.67. The summed E-state index contributed by atoms with van der Waals surface area (Å²) in [6, 6.07) is 9.22. The van der Waals surface area contributed by atoms with Crippen LogP contribution < -0.4 is 20.1 Å². The van der Waals surface area contributed by atoms with Gasteiger partial charge in [-0.25, -0.2) is 0 Å². The summed E-state index contributed by atoms with van der Waals surface area (Å²) in [5, 5.41) is 14.0. The number of benzene rings is 1. The first-order valence-corrected chi connectivity index (χ1v) is 8.16. The summed E-state index contributed by atoms with van der Waals surface area (Å²) in [4.78, 5) is 12.2. The van der Waals surface area contributed by atoms with Gasteiger partial charge in [0.05, 0.1) is 20.6 Å². The van der Waals surface area contributed by atoms with Crippen molar-refractivity contribution in [2.45, 2.75) is 32.7 Å². The maximum Gasteiger partial charge on any atom is 0.229 e. The molecule has 1 amide bonds. The average molecular weight is 344 g/mol. The number of carbonyl (C=O) groups is 1. The van der Waals surface area contributed by atoms with Crippen molar-refractivity contribution in [2.24, 2.45) is 0 Å². The highest BCUT2D eigenvalue weighted by molar-refractivity contribution is 5.91. The normalized spacial score (nSPS) is 11.5. The highest BCUT2D eigenvalue weighted by atomic mass is 16.5. The molecule has 1 heterocycles. The summed E-state index contributed by atoms with van der Waals surface area (Å²) in [6.45, 7) is 4.16. The van der Waals surface area contributed by atoms with Gasteiger partial charge in [0.25, 0.3) is 0 Å². The van der Waals surface area contributed by atoms with E-state index in [1.165, 1.54) is 0 Å². The lowest BCUT2D eigenvalue weighted by Crippen LogP contribution is -2.17. The molecular weight excluding hydrogens is 320 g/mol. The SMILES string of the molecule is CCC(C)Nc1ccc(NC(=O)Cc2ccc(OC)c(OC)c2)nn1. The molecule has 0 radical (unpaired) electrons. The first kappa shape index (κ1) is 18.5. The first-order valence-electron chi connectivity index (χ1n) is 8.16. The Bertz CT molecular complexity index is 704. The molecule has 7 nitrogen and oxygen atoms in total. The smallest absolute Gasteiger partial charge is 0.229 e. The highest BCUT2D eigenvalue weighted by Crippen LogP contribution is 2.27. The van der Waals surface area contributed by atoms with Crippen molar-refractivity contribution in [1.82, 2.24) is 10.2 Å². The molecule has 0 spiro atoms. The number of amides is 1. The molecule has 2 rings (SSSR count). The summed E-state index contributed by atoms with van der Waals surface area (Å²) < 4.78 is 10.4. The molecule has 25 heavy (non-hydrogen) atoms. The Morgan fingerprint density at radius 3 is 2.36 bits per heavy atom. The molecule has 7 heteroatoms. The number of aromatic nitrogens is 2. The van der Waals surface area contributed by atoms with Gasteiger partial charge in [-0.05, 0) is 43.2 Å². The first-order chi connectivity index (χ1) is 12.0. The van der Waals surface area contributed by atoms with E-state index in [1.54, 1.807) is 38.5 Å². The maximum atomic E-state index is 12.2. The van der Waals surface area contributed by atoms with Gasteiger partial charge in [-0.2, -0.15) is 0 Å². The minimum absolute atomic E-state index is 0.177. The van der Waals surface area contributed by atoms with Crippen LogP contribution in [0.3, 0.4) is 0 Å². The molecule has 0 aliphatic heterocycles. The van der Waals surface area contributed by atoms with Crippen LogP contribution in [0.4, 0.5) is 11.6 Å². The van der Waals surface area contributed by atoms with Crippen LogP contribution in [-0.4, -0.2) is 36.4 Å². The van der Waals surface area contributed by atoms with Crippen LogP contribution in [0.15, 0.2) is 30.3 Å². The quantitative estimate of drug-likeness (QED) is 0.766. The van der Waals surface area contributed by atoms with Crippen molar-refractivity contribution in [3.8, 4) is 11.5 Å². The third-order valence-electron chi connectivity index (χ3n) is 3.75. The van der Waals surface area contributed by atoms with E-state index in [9.17, 15) is 4.79 Å². The predicted octanol–water partition coefficient (Wildman–Crippen LogP) is 2.89. The van der Waals surface area contributed by atoms with Crippen molar-refractivity contribution in [2.75, 3.05) is 24.9 Å². The van der Waals surface area contributed by atoms with Crippen molar-refractivity contribution >= 4 is 17.5 Å². The predicted molar refractivity (Wildman–Crippen MR) is 97.3 cm³/mol. The summed E-state index contributed by atoms with van der Waals surface area (Å²) in [5.41, 5.74) is 0.818. The van der Waals surface area contributed by atoms with Gasteiger partial charge in [-0.3, -0.25) is 4.79 Å². The Hall–Kier alpha value is -2.83. The summed E-state index contributed by atoms with van der Waals surface area (Å²) in [7, 11) is 3.13. The van der Waals surface area contributed by atoms with Gasteiger partial charge in [0.15, 0.2) is 17.3 Å². The topological polar surface area (TPSA) is 85.4 Å². The summed E-state index contributed by atoms with van der Waals surface area (Å²) in [5.74, 6) is 2.14. The van der Waals surface area contributed by atoms with Crippen molar-refractivity contribution < 1.29 is 14.3 Å². The van der Waals surface area contributed by atoms with E-state index < -0.39 is 0 Å². The monoisotopic (exact) mass is 344 g/mol. The van der Waals surface area contributed by atoms with E-state index in [0.29, 0.717) is 29.2 Å². The van der Waals surface area contributed by atoms with E-state index in [4.69, 9.17) is 9.47 Å². The molecule has 0 saturated carbocycles. The molecule has 1 unspecified atom stereocenters. The minimum Gasteiger partial charge on any atom is -0.493 e. The molecule has 2 aromatic rings. The number of ether oxygens (including phenoxy) is 2. The Labute approximate surface area is 147 Å². The van der Waals surface area contributed by atoms with Gasteiger partial charge in [0.1, 0.15) is 5.82 Å². The Morgan fingerprint density at radius 1 is 1.08 bits per heavy atom. The molecule has 0 fully saturated rings. The van der Waals surface area contributed by atoms with E-state index in [-0.39, 0.29) is 12.3 Å². The highest BCUT2D eigenvalue weighted by Gasteiger charge is 2.10. The van der Waals surface area contributed by atoms with E-state index in [0.717, 1.165) is 12.0 Å². The number of nitrogens with one attached hydrogen (secondary N) is 2. The van der Waals surface area contributed by atoms with Crippen LogP contribution in [0.1, 0.15) is 25.8 Å². The number of anilines is 2. The molecule has 1 aromatic carbocycles. The van der Waals surface area contributed by atoms with Gasteiger partial charge in [0.2, 0.25) is 5.91 Å². The molecule has 1 aromatic heterocycles. The van der Waals surface area contributed by atoms with Gasteiger partial charge in [-0.1, -0.05) is 13.0 Å². The number of rotatable bonds is 8. The number of methoxy groups -OCH3 is 2. The molecule has 0 aliphatic carbocycles. The van der Waals surface area contributed by atoms with E-state index >= 15 is 0 Å². The lowest BCUT2D eigenvalue weighted by atomic mass is 10.1. The zero-order valence-electron chi connectivity index (χ0n) is 15.0. The molecule has 0 aliphatic rings. The van der Waals surface area contributed by atoms with Gasteiger partial charge < -0.3 is 20.1 Å². The van der Waals surface area contributed by atoms with Crippen LogP contribution in [0.2, 0.25) is 0 Å². The average Bonchev–Trinajstić information content (AvgIpc) is 2.63. The van der Waals surface area contributed by atoms with Crippen molar-refractivity contribution in [3.05, 3.63) is 35.9 Å². The zero-order valence-corrected chi connectivity index (χ0v) is 15.0. The third-order valence-corrected chi connectivity index (χ3v) is 3.75. The van der Waals surface area contributed by atoms with Crippen LogP contribution >= 0.6 is 0 Å². The fourth-order valence-electron chi connectivity index (χ4n) is 2.19. The zero-order chi connectivity index (χ0) is 18.2. The second kappa shape index (κ2) is 8.86. The van der Waals surface area contributed by atoms with Crippen LogP contribution in [0.5, 0.6) is 11.5 Å². The lowest BCUT2D eigenvalue weighted by Gasteiger charge is -2.12. The molecular formula is C18H24N4O3. The third kappa shape index (κ3) is 5.34. The van der Waals surface area contributed by atoms with E-state index in [2.05, 4.69) is 34.7 Å². The van der Waals surface area contributed by atoms with Crippen molar-refractivity contribution in [3.63, 3.8) is 0 Å². The maximum absolute atomic E-state index is 12.2. The van der Waals surface area contributed by atoms with Crippen LogP contribution in [0.25, 0.3) is 0 Å². The van der Waals surface area contributed by atoms with Crippen LogP contribution in [-0.2, 0) is 11.2 Å². The summed E-state index contributed by atoms with van der Waals surface area (Å²) >= 11 is 0. The fourth-order valence-corrected chi connectivity index (χ4v) is 2.19. The standard InChI is InChI=1S/C18H24N4O3/c1-5-12(2)19-16-8-9-17(22-21-16)20-18(23)11-13-6-7-14(24-3)15(10-13)25-4/h6-10,12H,5,11H2,1-4H3,(H,19,21)(H,20,22,23). The molecule has 2 N–H and O–H groups in total. The molecule has 134 valence electrons. The Morgan fingerprint density at radius 2 is 1.76 bits per heavy atom. The van der Waals surface area contributed by atoms with E-state index in [1.807, 2.05) is 6.07 Å². The Kier molecular flexibility index (Phi) is 6.56. The van der Waals surface area contributed by atoms with Crippen LogP contribution in [0, 0.1) is 0 Å². The fraction of sp³-hybridized carbons (Fsp3) is 0.389. The molecule has 0 bridgehead atoms. The van der Waals surface area contributed by atoms with Gasteiger partial charge >= 0.3 is 0 Å². The minimum atomic E-state index is -0.177. The lowest BCUT2D eigenvalue weighted by molar-refractivity contribution is -0.115. The number of hydrogen-bond donors (Lipinski definition) is 2. The molecule has 1 atom stereocenters. The number of nitrogens with zero attached hydrogens (tertiary/aromatic N) is 2. The second-order valence-electron chi connectivity index (χ2n) is 5.67. The van der Waals surface area contributed by atoms with Gasteiger partial charge in [0, 0.05) is 6.04 Å². The Balaban J connectivity index is 1.96. The summed E-state index contributed by atoms with van der Waals surface area (Å²) in [6.07, 6.45) is 1.19.